The van der Waals surface area contributed by atoms with E-state index in [1.165, 1.54) is 12.1 Å². The molecule has 2 aromatic rings. The molecule has 17 heavy (non-hydrogen) atoms. The van der Waals surface area contributed by atoms with Gasteiger partial charge in [-0.2, -0.15) is 8.78 Å². The van der Waals surface area contributed by atoms with Crippen molar-refractivity contribution in [3.05, 3.63) is 36.1 Å². The molecular weight excluding hydrogens is 230 g/mol. The highest BCUT2D eigenvalue weighted by molar-refractivity contribution is 5.59. The van der Waals surface area contributed by atoms with Crippen LogP contribution < -0.4 is 10.5 Å². The Morgan fingerprint density at radius 3 is 2.53 bits per heavy atom. The molecule has 0 radical (unpaired) electrons. The average molecular weight is 240 g/mol. The molecule has 0 saturated heterocycles. The van der Waals surface area contributed by atoms with Gasteiger partial charge in [-0.15, -0.1) is 0 Å². The first-order valence-electron chi connectivity index (χ1n) is 4.90. The largest absolute Gasteiger partial charge is 0.435 e. The van der Waals surface area contributed by atoms with E-state index in [2.05, 4.69) is 9.89 Å². The Hall–Kier alpha value is -1.95. The summed E-state index contributed by atoms with van der Waals surface area (Å²) in [6.07, 6.45) is 0. The van der Waals surface area contributed by atoms with Crippen LogP contribution in [0.4, 0.5) is 8.78 Å². The Bertz CT molecular complexity index is 482. The maximum absolute atomic E-state index is 11.9. The maximum atomic E-state index is 11.9. The molecule has 0 fully saturated rings. The summed E-state index contributed by atoms with van der Waals surface area (Å²) in [5.41, 5.74) is 6.73. The summed E-state index contributed by atoms with van der Waals surface area (Å²) in [5.74, 6) is 0.666. The predicted octanol–water partition coefficient (Wildman–Crippen LogP) is 2.40. The van der Waals surface area contributed by atoms with Crippen molar-refractivity contribution in [2.45, 2.75) is 13.2 Å². The van der Waals surface area contributed by atoms with Crippen molar-refractivity contribution in [3.63, 3.8) is 0 Å². The first-order valence-corrected chi connectivity index (χ1v) is 4.90. The van der Waals surface area contributed by atoms with E-state index >= 15 is 0 Å². The van der Waals surface area contributed by atoms with Crippen molar-refractivity contribution >= 4 is 0 Å². The van der Waals surface area contributed by atoms with Gasteiger partial charge in [0.25, 0.3) is 0 Å². The summed E-state index contributed by atoms with van der Waals surface area (Å²) < 4.78 is 33.0. The van der Waals surface area contributed by atoms with Crippen LogP contribution in [0.15, 0.2) is 34.9 Å². The summed E-state index contributed by atoms with van der Waals surface area (Å²) in [6, 6.07) is 7.82. The molecule has 0 unspecified atom stereocenters. The van der Waals surface area contributed by atoms with E-state index in [-0.39, 0.29) is 12.3 Å². The molecule has 0 amide bonds. The van der Waals surface area contributed by atoms with Crippen molar-refractivity contribution in [2.75, 3.05) is 0 Å². The second-order valence-corrected chi connectivity index (χ2v) is 3.29. The lowest BCUT2D eigenvalue weighted by Crippen LogP contribution is -2.01. The molecule has 1 heterocycles. The van der Waals surface area contributed by atoms with E-state index in [4.69, 9.17) is 10.3 Å². The van der Waals surface area contributed by atoms with E-state index < -0.39 is 6.61 Å². The predicted molar refractivity (Wildman–Crippen MR) is 56.5 cm³/mol. The summed E-state index contributed by atoms with van der Waals surface area (Å²) in [5, 5.41) is 3.80. The van der Waals surface area contributed by atoms with Crippen LogP contribution in [0.1, 0.15) is 5.76 Å². The molecule has 1 aromatic heterocycles. The van der Waals surface area contributed by atoms with Crippen molar-refractivity contribution in [1.29, 1.82) is 0 Å². The SMILES string of the molecule is NCc1cc(-c2ccc(OC(F)F)cc2)no1. The zero-order valence-electron chi connectivity index (χ0n) is 8.77. The van der Waals surface area contributed by atoms with E-state index in [1.54, 1.807) is 18.2 Å². The van der Waals surface area contributed by atoms with Gasteiger partial charge in [-0.1, -0.05) is 5.16 Å². The van der Waals surface area contributed by atoms with E-state index in [1.807, 2.05) is 0 Å². The first-order chi connectivity index (χ1) is 8.19. The first kappa shape index (κ1) is 11.5. The zero-order chi connectivity index (χ0) is 12.3. The second kappa shape index (κ2) is 4.92. The lowest BCUT2D eigenvalue weighted by molar-refractivity contribution is -0.0498. The molecule has 0 aliphatic carbocycles. The van der Waals surface area contributed by atoms with Gasteiger partial charge in [0.05, 0.1) is 6.54 Å². The molecule has 1 aromatic carbocycles. The highest BCUT2D eigenvalue weighted by atomic mass is 19.3. The molecule has 0 saturated carbocycles. The number of halogens is 2. The summed E-state index contributed by atoms with van der Waals surface area (Å²) in [4.78, 5) is 0. The molecule has 2 N–H and O–H groups in total. The molecule has 2 rings (SSSR count). The molecule has 0 atom stereocenters. The molecule has 90 valence electrons. The normalized spacial score (nSPS) is 10.8. The van der Waals surface area contributed by atoms with Crippen LogP contribution in [0.3, 0.4) is 0 Å². The molecular formula is C11H10F2N2O2. The third kappa shape index (κ3) is 2.79. The minimum absolute atomic E-state index is 0.103. The minimum atomic E-state index is -2.82. The van der Waals surface area contributed by atoms with Crippen LogP contribution in [0.5, 0.6) is 5.75 Å². The molecule has 0 spiro atoms. The molecule has 0 bridgehead atoms. The van der Waals surface area contributed by atoms with Gasteiger partial charge in [0.2, 0.25) is 0 Å². The molecule has 0 aliphatic rings. The van der Waals surface area contributed by atoms with Crippen molar-refractivity contribution < 1.29 is 18.0 Å². The Labute approximate surface area is 96.0 Å². The number of hydrogen-bond acceptors (Lipinski definition) is 4. The fourth-order valence-electron chi connectivity index (χ4n) is 1.35. The Morgan fingerprint density at radius 2 is 2.00 bits per heavy atom. The molecule has 4 nitrogen and oxygen atoms in total. The maximum Gasteiger partial charge on any atom is 0.387 e. The standard InChI is InChI=1S/C11H10F2N2O2/c12-11(13)16-8-3-1-7(2-4-8)10-5-9(6-14)17-15-10/h1-5,11H,6,14H2. The van der Waals surface area contributed by atoms with Crippen LogP contribution in [-0.4, -0.2) is 11.8 Å². The third-order valence-corrected chi connectivity index (χ3v) is 2.14. The molecule has 6 heteroatoms. The number of hydrogen-bond donors (Lipinski definition) is 1. The van der Waals surface area contributed by atoms with Crippen molar-refractivity contribution in [2.24, 2.45) is 5.73 Å². The number of rotatable bonds is 4. The fraction of sp³-hybridized carbons (Fsp3) is 0.182. The van der Waals surface area contributed by atoms with E-state index in [0.29, 0.717) is 11.5 Å². The Kier molecular flexibility index (Phi) is 3.34. The van der Waals surface area contributed by atoms with Gasteiger partial charge in [0.15, 0.2) is 5.76 Å². The monoisotopic (exact) mass is 240 g/mol. The van der Waals surface area contributed by atoms with Crippen molar-refractivity contribution in [1.82, 2.24) is 5.16 Å². The van der Waals surface area contributed by atoms with Crippen LogP contribution in [-0.2, 0) is 6.54 Å². The van der Waals surface area contributed by atoms with Crippen LogP contribution >= 0.6 is 0 Å². The quantitative estimate of drug-likeness (QED) is 0.891. The fourth-order valence-corrected chi connectivity index (χ4v) is 1.35. The van der Waals surface area contributed by atoms with Gasteiger partial charge in [-0.25, -0.2) is 0 Å². The Morgan fingerprint density at radius 1 is 1.29 bits per heavy atom. The zero-order valence-corrected chi connectivity index (χ0v) is 8.77. The van der Waals surface area contributed by atoms with E-state index in [9.17, 15) is 8.78 Å². The minimum Gasteiger partial charge on any atom is -0.435 e. The van der Waals surface area contributed by atoms with Crippen molar-refractivity contribution in [3.8, 4) is 17.0 Å². The van der Waals surface area contributed by atoms with Crippen LogP contribution in [0.2, 0.25) is 0 Å². The lowest BCUT2D eigenvalue weighted by Gasteiger charge is -2.03. The van der Waals surface area contributed by atoms with Gasteiger partial charge >= 0.3 is 6.61 Å². The number of nitrogens with zero attached hydrogens (tertiary/aromatic N) is 1. The smallest absolute Gasteiger partial charge is 0.387 e. The van der Waals surface area contributed by atoms with Crippen LogP contribution in [0, 0.1) is 0 Å². The number of nitrogens with two attached hydrogens (primary N) is 1. The highest BCUT2D eigenvalue weighted by Crippen LogP contribution is 2.22. The number of aromatic nitrogens is 1. The van der Waals surface area contributed by atoms with Gasteiger partial charge < -0.3 is 15.0 Å². The van der Waals surface area contributed by atoms with Gasteiger partial charge in [-0.3, -0.25) is 0 Å². The van der Waals surface area contributed by atoms with Gasteiger partial charge in [0.1, 0.15) is 11.4 Å². The second-order valence-electron chi connectivity index (χ2n) is 3.29. The third-order valence-electron chi connectivity index (χ3n) is 2.14. The molecule has 0 aliphatic heterocycles. The number of ether oxygens (including phenoxy) is 1. The summed E-state index contributed by atoms with van der Waals surface area (Å²) in [7, 11) is 0. The number of benzene rings is 1. The summed E-state index contributed by atoms with van der Waals surface area (Å²) in [6.45, 7) is -2.56. The van der Waals surface area contributed by atoms with Gasteiger partial charge in [0, 0.05) is 11.6 Å². The van der Waals surface area contributed by atoms with E-state index in [0.717, 1.165) is 5.56 Å². The highest BCUT2D eigenvalue weighted by Gasteiger charge is 2.07. The van der Waals surface area contributed by atoms with Gasteiger partial charge in [-0.05, 0) is 24.3 Å². The Balaban J connectivity index is 2.17. The summed E-state index contributed by atoms with van der Waals surface area (Å²) >= 11 is 0. The van der Waals surface area contributed by atoms with Crippen LogP contribution in [0.25, 0.3) is 11.3 Å². The number of alkyl halides is 2. The lowest BCUT2D eigenvalue weighted by atomic mass is 10.1. The topological polar surface area (TPSA) is 61.3 Å². The average Bonchev–Trinajstić information content (AvgIpc) is 2.78.